The summed E-state index contributed by atoms with van der Waals surface area (Å²) >= 11 is 12.0. The number of benzene rings is 1. The van der Waals surface area contributed by atoms with Crippen molar-refractivity contribution in [2.24, 2.45) is 0 Å². The Balaban J connectivity index is 3.24. The zero-order valence-electron chi connectivity index (χ0n) is 5.37. The Hall–Kier alpha value is 0.400. The van der Waals surface area contributed by atoms with Gasteiger partial charge in [-0.15, -0.1) is 0 Å². The molecule has 1 aromatic rings. The van der Waals surface area contributed by atoms with Crippen LogP contribution in [-0.4, -0.2) is 0 Å². The molecule has 0 spiro atoms. The first-order valence-corrected chi connectivity index (χ1v) is 5.13. The molecule has 0 saturated heterocycles. The smallest absolute Gasteiger partial charge is 0.143 e. The lowest BCUT2D eigenvalue weighted by molar-refractivity contribution is 0.626. The molecular weight excluding hydrogens is 298 g/mol. The fraction of sp³-hybridized carbons (Fsp3) is 0.143. The summed E-state index contributed by atoms with van der Waals surface area (Å²) < 4.78 is 13.5. The highest BCUT2D eigenvalue weighted by molar-refractivity contribution is 9.10. The molecule has 0 fully saturated rings. The number of halogens is 4. The zero-order valence-corrected chi connectivity index (χ0v) is 9.30. The molecular formula is C7H4Br2ClF. The van der Waals surface area contributed by atoms with Gasteiger partial charge in [-0.2, -0.15) is 0 Å². The first-order chi connectivity index (χ1) is 5.15. The Bertz CT molecular complexity index is 275. The molecule has 0 radical (unpaired) electrons. The maximum Gasteiger partial charge on any atom is 0.143 e. The van der Waals surface area contributed by atoms with Crippen LogP contribution in [0.1, 0.15) is 5.56 Å². The lowest BCUT2D eigenvalue weighted by Gasteiger charge is -2.01. The highest BCUT2D eigenvalue weighted by atomic mass is 79.9. The molecule has 0 aliphatic rings. The molecule has 0 atom stereocenters. The second-order valence-electron chi connectivity index (χ2n) is 1.99. The minimum Gasteiger partial charge on any atom is -0.205 e. The van der Waals surface area contributed by atoms with Crippen LogP contribution < -0.4 is 0 Å². The van der Waals surface area contributed by atoms with Crippen LogP contribution in [0.4, 0.5) is 4.39 Å². The molecule has 1 rings (SSSR count). The van der Waals surface area contributed by atoms with E-state index in [1.54, 1.807) is 6.07 Å². The van der Waals surface area contributed by atoms with Gasteiger partial charge in [-0.25, -0.2) is 4.39 Å². The highest BCUT2D eigenvalue weighted by Crippen LogP contribution is 2.26. The largest absolute Gasteiger partial charge is 0.205 e. The van der Waals surface area contributed by atoms with E-state index in [-0.39, 0.29) is 5.02 Å². The SMILES string of the molecule is Fc1cc(Br)cc(CBr)c1Cl. The molecule has 0 aliphatic carbocycles. The fourth-order valence-electron chi connectivity index (χ4n) is 0.707. The van der Waals surface area contributed by atoms with Gasteiger partial charge in [0.05, 0.1) is 5.02 Å². The average molecular weight is 302 g/mol. The van der Waals surface area contributed by atoms with Crippen LogP contribution in [-0.2, 0) is 5.33 Å². The zero-order chi connectivity index (χ0) is 8.43. The van der Waals surface area contributed by atoms with Gasteiger partial charge >= 0.3 is 0 Å². The number of alkyl halides is 1. The van der Waals surface area contributed by atoms with E-state index in [0.29, 0.717) is 9.80 Å². The van der Waals surface area contributed by atoms with Crippen LogP contribution in [0.15, 0.2) is 16.6 Å². The average Bonchev–Trinajstić information content (AvgIpc) is 1.96. The monoisotopic (exact) mass is 300 g/mol. The van der Waals surface area contributed by atoms with E-state index < -0.39 is 5.82 Å². The minimum atomic E-state index is -0.393. The first-order valence-electron chi connectivity index (χ1n) is 2.84. The van der Waals surface area contributed by atoms with E-state index in [0.717, 1.165) is 5.56 Å². The second-order valence-corrected chi connectivity index (χ2v) is 3.85. The van der Waals surface area contributed by atoms with Gasteiger partial charge in [0.1, 0.15) is 5.82 Å². The molecule has 4 heteroatoms. The molecule has 0 saturated carbocycles. The maximum absolute atomic E-state index is 12.8. The standard InChI is InChI=1S/C7H4Br2ClF/c8-3-4-1-5(9)2-6(11)7(4)10/h1-2H,3H2. The maximum atomic E-state index is 12.8. The van der Waals surface area contributed by atoms with Crippen LogP contribution in [0.25, 0.3) is 0 Å². The summed E-state index contributed by atoms with van der Waals surface area (Å²) in [5, 5.41) is 0.743. The lowest BCUT2D eigenvalue weighted by Crippen LogP contribution is -1.84. The summed E-state index contributed by atoms with van der Waals surface area (Å²) in [6.07, 6.45) is 0. The Morgan fingerprint density at radius 1 is 1.45 bits per heavy atom. The molecule has 0 aliphatic heterocycles. The van der Waals surface area contributed by atoms with Gasteiger partial charge in [-0.05, 0) is 17.7 Å². The first kappa shape index (κ1) is 9.49. The number of hydrogen-bond acceptors (Lipinski definition) is 0. The van der Waals surface area contributed by atoms with Crippen molar-refractivity contribution in [2.75, 3.05) is 0 Å². The van der Waals surface area contributed by atoms with E-state index in [1.807, 2.05) is 0 Å². The lowest BCUT2D eigenvalue weighted by atomic mass is 10.2. The van der Waals surface area contributed by atoms with Crippen molar-refractivity contribution in [3.8, 4) is 0 Å². The Morgan fingerprint density at radius 2 is 2.09 bits per heavy atom. The quantitative estimate of drug-likeness (QED) is 0.540. The predicted molar refractivity (Wildman–Crippen MR) is 51.7 cm³/mol. The topological polar surface area (TPSA) is 0 Å². The third kappa shape index (κ3) is 2.17. The van der Waals surface area contributed by atoms with Crippen molar-refractivity contribution in [3.63, 3.8) is 0 Å². The van der Waals surface area contributed by atoms with Gasteiger partial charge in [0.2, 0.25) is 0 Å². The fourth-order valence-corrected chi connectivity index (χ4v) is 1.96. The summed E-state index contributed by atoms with van der Waals surface area (Å²) in [5.41, 5.74) is 0.749. The highest BCUT2D eigenvalue weighted by Gasteiger charge is 2.05. The van der Waals surface area contributed by atoms with Crippen molar-refractivity contribution in [2.45, 2.75) is 5.33 Å². The summed E-state index contributed by atoms with van der Waals surface area (Å²) in [4.78, 5) is 0. The van der Waals surface area contributed by atoms with Crippen molar-refractivity contribution in [1.82, 2.24) is 0 Å². The van der Waals surface area contributed by atoms with Crippen LogP contribution in [0, 0.1) is 5.82 Å². The Labute approximate surface area is 86.0 Å². The summed E-state index contributed by atoms with van der Waals surface area (Å²) in [6.45, 7) is 0. The van der Waals surface area contributed by atoms with E-state index in [1.165, 1.54) is 6.07 Å². The van der Waals surface area contributed by atoms with Gasteiger partial charge < -0.3 is 0 Å². The molecule has 0 nitrogen and oxygen atoms in total. The third-order valence-corrected chi connectivity index (χ3v) is 2.70. The molecule has 1 aromatic carbocycles. The number of rotatable bonds is 1. The van der Waals surface area contributed by atoms with Crippen molar-refractivity contribution < 1.29 is 4.39 Å². The molecule has 0 unspecified atom stereocenters. The van der Waals surface area contributed by atoms with Crippen molar-refractivity contribution in [3.05, 3.63) is 33.0 Å². The van der Waals surface area contributed by atoms with Crippen LogP contribution in [0.3, 0.4) is 0 Å². The summed E-state index contributed by atoms with van der Waals surface area (Å²) in [7, 11) is 0. The van der Waals surface area contributed by atoms with E-state index in [2.05, 4.69) is 31.9 Å². The second kappa shape index (κ2) is 3.87. The molecule has 11 heavy (non-hydrogen) atoms. The molecule has 0 amide bonds. The van der Waals surface area contributed by atoms with E-state index in [9.17, 15) is 4.39 Å². The van der Waals surface area contributed by atoms with Gasteiger partial charge in [0.15, 0.2) is 0 Å². The van der Waals surface area contributed by atoms with Crippen molar-refractivity contribution in [1.29, 1.82) is 0 Å². The molecule has 60 valence electrons. The minimum absolute atomic E-state index is 0.185. The van der Waals surface area contributed by atoms with Gasteiger partial charge in [-0.1, -0.05) is 43.5 Å². The third-order valence-electron chi connectivity index (χ3n) is 1.21. The van der Waals surface area contributed by atoms with Gasteiger partial charge in [0, 0.05) is 9.80 Å². The molecule has 0 N–H and O–H groups in total. The Morgan fingerprint density at radius 3 is 2.64 bits per heavy atom. The van der Waals surface area contributed by atoms with Crippen LogP contribution in [0.5, 0.6) is 0 Å². The van der Waals surface area contributed by atoms with Crippen molar-refractivity contribution >= 4 is 43.5 Å². The normalized spacial score (nSPS) is 10.2. The summed E-state index contributed by atoms with van der Waals surface area (Å²) in [6, 6.07) is 3.12. The van der Waals surface area contributed by atoms with E-state index >= 15 is 0 Å². The van der Waals surface area contributed by atoms with Gasteiger partial charge in [-0.3, -0.25) is 0 Å². The molecule has 0 bridgehead atoms. The van der Waals surface area contributed by atoms with Crippen LogP contribution >= 0.6 is 43.5 Å². The van der Waals surface area contributed by atoms with Gasteiger partial charge in [0.25, 0.3) is 0 Å². The van der Waals surface area contributed by atoms with E-state index in [4.69, 9.17) is 11.6 Å². The predicted octanol–water partition coefficient (Wildman–Crippen LogP) is 4.14. The number of hydrogen-bond donors (Lipinski definition) is 0. The van der Waals surface area contributed by atoms with Crippen LogP contribution in [0.2, 0.25) is 5.02 Å². The molecule has 0 heterocycles. The Kier molecular flexibility index (Phi) is 3.34. The summed E-state index contributed by atoms with van der Waals surface area (Å²) in [5.74, 6) is -0.393. The molecule has 0 aromatic heterocycles.